The number of halogens is 1. The van der Waals surface area contributed by atoms with Crippen LogP contribution in [0, 0.1) is 0 Å². The summed E-state index contributed by atoms with van der Waals surface area (Å²) in [6, 6.07) is 7.48. The lowest BCUT2D eigenvalue weighted by Crippen LogP contribution is -2.43. The monoisotopic (exact) mass is 476 g/mol. The van der Waals surface area contributed by atoms with E-state index in [-0.39, 0.29) is 18.2 Å². The first-order chi connectivity index (χ1) is 13.6. The fraction of sp³-hybridized carbons (Fsp3) is 0.263. The largest absolute Gasteiger partial charge is 0.330 e. The van der Waals surface area contributed by atoms with E-state index >= 15 is 0 Å². The molecule has 1 aromatic carbocycles. The predicted molar refractivity (Wildman–Crippen MR) is 114 cm³/mol. The van der Waals surface area contributed by atoms with Gasteiger partial charge in [-0.2, -0.15) is 0 Å². The molecule has 0 radical (unpaired) electrons. The van der Waals surface area contributed by atoms with Crippen LogP contribution in [0.4, 0.5) is 5.13 Å². The summed E-state index contributed by atoms with van der Waals surface area (Å²) in [6.45, 7) is 0.595. The van der Waals surface area contributed by atoms with E-state index in [4.69, 9.17) is 0 Å². The molecule has 0 spiro atoms. The average molecular weight is 477 g/mol. The summed E-state index contributed by atoms with van der Waals surface area (Å²) in [5, 5.41) is 7.95. The third kappa shape index (κ3) is 4.31. The zero-order valence-corrected chi connectivity index (χ0v) is 18.0. The molecule has 1 aliphatic rings. The van der Waals surface area contributed by atoms with E-state index in [0.717, 1.165) is 27.2 Å². The van der Waals surface area contributed by atoms with E-state index in [2.05, 4.69) is 31.2 Å². The summed E-state index contributed by atoms with van der Waals surface area (Å²) in [5.41, 5.74) is 1.75. The molecule has 4 rings (SSSR count). The van der Waals surface area contributed by atoms with Crippen molar-refractivity contribution in [3.05, 3.63) is 51.4 Å². The topological polar surface area (TPSA) is 75.2 Å². The number of aromatic nitrogens is 2. The molecule has 144 valence electrons. The third-order valence-corrected chi connectivity index (χ3v) is 6.62. The first kappa shape index (κ1) is 19.2. The molecule has 0 saturated carbocycles. The maximum Gasteiger partial charge on any atom is 0.248 e. The van der Waals surface area contributed by atoms with Crippen molar-refractivity contribution in [2.45, 2.75) is 25.3 Å². The van der Waals surface area contributed by atoms with Crippen LogP contribution in [0.25, 0.3) is 10.6 Å². The van der Waals surface area contributed by atoms with Gasteiger partial charge in [-0.1, -0.05) is 28.1 Å². The summed E-state index contributed by atoms with van der Waals surface area (Å²) < 4.78 is 0.990. The minimum Gasteiger partial charge on any atom is -0.330 e. The van der Waals surface area contributed by atoms with Crippen molar-refractivity contribution < 1.29 is 9.59 Å². The maximum atomic E-state index is 12.8. The van der Waals surface area contributed by atoms with Crippen LogP contribution < -0.4 is 5.32 Å². The number of rotatable bonds is 5. The standard InChI is InChI=1S/C19H17BrN4O2S2/c20-13-4-1-3-12(9-13)18-22-14(11-28-18)10-16(25)24-7-2-5-15(24)17(26)23-19-21-6-8-27-19/h1,3-4,6,8-9,11,15H,2,5,7,10H2,(H,21,23,26). The van der Waals surface area contributed by atoms with Crippen molar-refractivity contribution in [1.29, 1.82) is 0 Å². The van der Waals surface area contributed by atoms with Crippen LogP contribution in [0.2, 0.25) is 0 Å². The molecule has 1 unspecified atom stereocenters. The van der Waals surface area contributed by atoms with E-state index in [9.17, 15) is 9.59 Å². The summed E-state index contributed by atoms with van der Waals surface area (Å²) in [6.07, 6.45) is 3.33. The highest BCUT2D eigenvalue weighted by Crippen LogP contribution is 2.27. The number of carbonyl (C=O) groups excluding carboxylic acids is 2. The van der Waals surface area contributed by atoms with Crippen LogP contribution in [0.1, 0.15) is 18.5 Å². The van der Waals surface area contributed by atoms with Crippen molar-refractivity contribution >= 4 is 55.5 Å². The smallest absolute Gasteiger partial charge is 0.248 e. The van der Waals surface area contributed by atoms with Crippen LogP contribution in [0.15, 0.2) is 45.7 Å². The number of hydrogen-bond acceptors (Lipinski definition) is 6. The quantitative estimate of drug-likeness (QED) is 0.598. The summed E-state index contributed by atoms with van der Waals surface area (Å²) in [4.78, 5) is 35.7. The van der Waals surface area contributed by atoms with E-state index in [1.54, 1.807) is 16.5 Å². The third-order valence-electron chi connectivity index (χ3n) is 4.49. The second-order valence-corrected chi connectivity index (χ2v) is 9.07. The van der Waals surface area contributed by atoms with E-state index < -0.39 is 6.04 Å². The number of likely N-dealkylation sites (tertiary alicyclic amines) is 1. The van der Waals surface area contributed by atoms with Crippen LogP contribution in [0.5, 0.6) is 0 Å². The van der Waals surface area contributed by atoms with E-state index in [0.29, 0.717) is 18.1 Å². The van der Waals surface area contributed by atoms with Gasteiger partial charge in [-0.25, -0.2) is 9.97 Å². The molecular weight excluding hydrogens is 460 g/mol. The second kappa shape index (κ2) is 8.50. The van der Waals surface area contributed by atoms with Gasteiger partial charge in [0.2, 0.25) is 11.8 Å². The molecule has 1 aliphatic heterocycles. The normalized spacial score (nSPS) is 16.3. The fourth-order valence-corrected chi connectivity index (χ4v) is 4.96. The minimum absolute atomic E-state index is 0.0668. The summed E-state index contributed by atoms with van der Waals surface area (Å²) in [7, 11) is 0. The highest BCUT2D eigenvalue weighted by Gasteiger charge is 2.34. The number of thiazole rings is 2. The first-order valence-corrected chi connectivity index (χ1v) is 11.4. The van der Waals surface area contributed by atoms with E-state index in [1.807, 2.05) is 29.6 Å². The minimum atomic E-state index is -0.445. The van der Waals surface area contributed by atoms with Crippen molar-refractivity contribution in [2.24, 2.45) is 0 Å². The van der Waals surface area contributed by atoms with Gasteiger partial charge in [0.05, 0.1) is 12.1 Å². The molecule has 3 heterocycles. The van der Waals surface area contributed by atoms with Gasteiger partial charge in [-0.05, 0) is 25.0 Å². The second-order valence-electron chi connectivity index (χ2n) is 6.40. The number of nitrogens with zero attached hydrogens (tertiary/aromatic N) is 3. The Morgan fingerprint density at radius 2 is 2.21 bits per heavy atom. The number of benzene rings is 1. The van der Waals surface area contributed by atoms with Gasteiger partial charge in [0.15, 0.2) is 5.13 Å². The number of hydrogen-bond donors (Lipinski definition) is 1. The molecule has 0 aliphatic carbocycles. The van der Waals surface area contributed by atoms with Gasteiger partial charge >= 0.3 is 0 Å². The molecule has 2 amide bonds. The Morgan fingerprint density at radius 3 is 3.00 bits per heavy atom. The van der Waals surface area contributed by atoms with Crippen LogP contribution in [-0.4, -0.2) is 39.3 Å². The van der Waals surface area contributed by atoms with Gasteiger partial charge in [-0.3, -0.25) is 9.59 Å². The number of amides is 2. The molecule has 28 heavy (non-hydrogen) atoms. The highest BCUT2D eigenvalue weighted by atomic mass is 79.9. The Morgan fingerprint density at radius 1 is 1.32 bits per heavy atom. The molecular formula is C19H17BrN4O2S2. The van der Waals surface area contributed by atoms with Gasteiger partial charge in [-0.15, -0.1) is 22.7 Å². The lowest BCUT2D eigenvalue weighted by Gasteiger charge is -2.23. The molecule has 6 nitrogen and oxygen atoms in total. The Balaban J connectivity index is 1.42. The molecule has 1 saturated heterocycles. The van der Waals surface area contributed by atoms with Crippen molar-refractivity contribution in [2.75, 3.05) is 11.9 Å². The van der Waals surface area contributed by atoms with Gasteiger partial charge in [0.25, 0.3) is 0 Å². The zero-order chi connectivity index (χ0) is 19.5. The Bertz CT molecular complexity index is 990. The van der Waals surface area contributed by atoms with Crippen molar-refractivity contribution in [1.82, 2.24) is 14.9 Å². The van der Waals surface area contributed by atoms with Crippen LogP contribution in [-0.2, 0) is 16.0 Å². The molecule has 1 N–H and O–H groups in total. The van der Waals surface area contributed by atoms with E-state index in [1.165, 1.54) is 22.7 Å². The zero-order valence-electron chi connectivity index (χ0n) is 14.8. The summed E-state index contributed by atoms with van der Waals surface area (Å²) in [5.74, 6) is -0.239. The Hall–Kier alpha value is -2.10. The lowest BCUT2D eigenvalue weighted by atomic mass is 10.2. The van der Waals surface area contributed by atoms with Crippen molar-refractivity contribution in [3.8, 4) is 10.6 Å². The number of carbonyl (C=O) groups is 2. The number of anilines is 1. The molecule has 3 aromatic rings. The maximum absolute atomic E-state index is 12.8. The van der Waals surface area contributed by atoms with Crippen LogP contribution >= 0.6 is 38.6 Å². The SMILES string of the molecule is O=C(Nc1nccs1)C1CCCN1C(=O)Cc1csc(-c2cccc(Br)c2)n1. The highest BCUT2D eigenvalue weighted by molar-refractivity contribution is 9.10. The van der Waals surface area contributed by atoms with Crippen LogP contribution in [0.3, 0.4) is 0 Å². The summed E-state index contributed by atoms with van der Waals surface area (Å²) >= 11 is 6.35. The first-order valence-electron chi connectivity index (χ1n) is 8.80. The molecule has 9 heteroatoms. The predicted octanol–water partition coefficient (Wildman–Crippen LogP) is 4.20. The average Bonchev–Trinajstić information content (AvgIpc) is 3.43. The fourth-order valence-electron chi connectivity index (χ4n) is 3.21. The lowest BCUT2D eigenvalue weighted by molar-refractivity contribution is -0.136. The molecule has 1 fully saturated rings. The van der Waals surface area contributed by atoms with Crippen molar-refractivity contribution in [3.63, 3.8) is 0 Å². The van der Waals surface area contributed by atoms with Gasteiger partial charge < -0.3 is 10.2 Å². The van der Waals surface area contributed by atoms with Gasteiger partial charge in [0.1, 0.15) is 11.0 Å². The molecule has 2 aromatic heterocycles. The Labute approximate surface area is 178 Å². The molecule has 0 bridgehead atoms. The number of nitrogens with one attached hydrogen (secondary N) is 1. The van der Waals surface area contributed by atoms with Gasteiger partial charge in [0, 0.05) is 33.5 Å². The molecule has 1 atom stereocenters. The Kier molecular flexibility index (Phi) is 5.84.